The maximum atomic E-state index is 12.7. The molecular weight excluding hydrogens is 616 g/mol. The summed E-state index contributed by atoms with van der Waals surface area (Å²) < 4.78 is 30.1. The zero-order valence-corrected chi connectivity index (χ0v) is 26.2. The molecule has 48 heavy (non-hydrogen) atoms. The van der Waals surface area contributed by atoms with E-state index in [0.717, 1.165) is 5.56 Å². The molecule has 2 heterocycles. The number of aliphatic carboxylic acids is 1. The van der Waals surface area contributed by atoms with E-state index < -0.39 is 11.9 Å². The molecule has 0 spiro atoms. The number of rotatable bonds is 13. The monoisotopic (exact) mass is 648 g/mol. The first-order valence-corrected chi connectivity index (χ1v) is 15.0. The predicted octanol–water partition coefficient (Wildman–Crippen LogP) is 6.33. The van der Waals surface area contributed by atoms with Gasteiger partial charge < -0.3 is 33.9 Å². The Morgan fingerprint density at radius 3 is 2.35 bits per heavy atom. The SMILES string of the molecule is COc1ccc(-c2c(/C=C(\Cc3cc4c(cc3OC)OCO4)C(=O)O)cnn2Cc2ccccc2)c(OCc2ccccc2C(=O)O)c1. The highest BCUT2D eigenvalue weighted by Gasteiger charge is 2.23. The van der Waals surface area contributed by atoms with Crippen LogP contribution < -0.4 is 23.7 Å². The van der Waals surface area contributed by atoms with Gasteiger partial charge >= 0.3 is 11.9 Å². The second kappa shape index (κ2) is 14.0. The van der Waals surface area contributed by atoms with Gasteiger partial charge in [-0.05, 0) is 35.9 Å². The standard InChI is InChI=1S/C37H32N2O9/c1-44-28-12-13-30(32(17-28)46-21-24-10-6-7-11-29(24)37(42)43)35-27(19-38-39(35)20-23-8-4-3-5-9-23)15-26(36(40)41)14-25-16-33-34(48-22-47-33)18-31(25)45-2/h3-13,15-19H,14,20-22H2,1-2H3,(H,40,41)(H,42,43)/b26-15+. The molecule has 0 saturated heterocycles. The summed E-state index contributed by atoms with van der Waals surface area (Å²) in [5, 5.41) is 24.8. The van der Waals surface area contributed by atoms with Crippen molar-refractivity contribution in [1.82, 2.24) is 9.78 Å². The smallest absolute Gasteiger partial charge is 0.336 e. The van der Waals surface area contributed by atoms with Gasteiger partial charge in [0.05, 0.1) is 38.2 Å². The molecule has 0 unspecified atom stereocenters. The van der Waals surface area contributed by atoms with Crippen LogP contribution in [0.2, 0.25) is 0 Å². The number of carboxylic acids is 2. The number of aromatic nitrogens is 2. The fraction of sp³-hybridized carbons (Fsp3) is 0.162. The molecule has 4 aromatic carbocycles. The van der Waals surface area contributed by atoms with Crippen LogP contribution in [0.15, 0.2) is 96.7 Å². The number of ether oxygens (including phenoxy) is 5. The zero-order chi connectivity index (χ0) is 33.6. The van der Waals surface area contributed by atoms with Crippen LogP contribution in [-0.2, 0) is 24.4 Å². The van der Waals surface area contributed by atoms with Gasteiger partial charge in [0.1, 0.15) is 23.9 Å². The fourth-order valence-electron chi connectivity index (χ4n) is 5.51. The van der Waals surface area contributed by atoms with E-state index >= 15 is 0 Å². The van der Waals surface area contributed by atoms with Gasteiger partial charge in [0, 0.05) is 46.4 Å². The third kappa shape index (κ3) is 6.80. The van der Waals surface area contributed by atoms with Crippen molar-refractivity contribution in [2.75, 3.05) is 21.0 Å². The first kappa shape index (κ1) is 31.7. The lowest BCUT2D eigenvalue weighted by Crippen LogP contribution is -2.08. The van der Waals surface area contributed by atoms with E-state index in [1.165, 1.54) is 20.3 Å². The van der Waals surface area contributed by atoms with Gasteiger partial charge in [-0.25, -0.2) is 9.59 Å². The molecule has 0 atom stereocenters. The molecule has 11 nitrogen and oxygen atoms in total. The highest BCUT2D eigenvalue weighted by Crippen LogP contribution is 2.40. The Hall–Kier alpha value is -6.23. The lowest BCUT2D eigenvalue weighted by Gasteiger charge is -2.17. The van der Waals surface area contributed by atoms with E-state index in [4.69, 9.17) is 23.7 Å². The largest absolute Gasteiger partial charge is 0.497 e. The first-order valence-electron chi connectivity index (χ1n) is 15.0. The summed E-state index contributed by atoms with van der Waals surface area (Å²) >= 11 is 0. The molecule has 1 aliphatic rings. The van der Waals surface area contributed by atoms with Crippen LogP contribution in [0, 0.1) is 0 Å². The summed E-state index contributed by atoms with van der Waals surface area (Å²) in [6.07, 6.45) is 3.23. The maximum absolute atomic E-state index is 12.7. The minimum atomic E-state index is -1.12. The molecule has 2 N–H and O–H groups in total. The van der Waals surface area contributed by atoms with Crippen LogP contribution in [0.4, 0.5) is 0 Å². The molecule has 1 aromatic heterocycles. The molecule has 1 aliphatic heterocycles. The van der Waals surface area contributed by atoms with Crippen LogP contribution in [0.5, 0.6) is 28.7 Å². The van der Waals surface area contributed by atoms with E-state index in [2.05, 4.69) is 5.10 Å². The molecule has 0 bridgehead atoms. The van der Waals surface area contributed by atoms with Crippen LogP contribution in [-0.4, -0.2) is 52.9 Å². The Bertz CT molecular complexity index is 2000. The predicted molar refractivity (Wildman–Crippen MR) is 176 cm³/mol. The molecule has 0 fully saturated rings. The average molecular weight is 649 g/mol. The lowest BCUT2D eigenvalue weighted by atomic mass is 9.99. The van der Waals surface area contributed by atoms with Crippen LogP contribution in [0.3, 0.4) is 0 Å². The number of aromatic carboxylic acids is 1. The van der Waals surface area contributed by atoms with Crippen molar-refractivity contribution in [1.29, 1.82) is 0 Å². The normalized spacial score (nSPS) is 12.1. The summed E-state index contributed by atoms with van der Waals surface area (Å²) in [4.78, 5) is 24.6. The summed E-state index contributed by atoms with van der Waals surface area (Å²) in [6, 6.07) is 25.1. The van der Waals surface area contributed by atoms with Gasteiger partial charge in [-0.2, -0.15) is 5.10 Å². The summed E-state index contributed by atoms with van der Waals surface area (Å²) in [5.74, 6) is 0.247. The van der Waals surface area contributed by atoms with E-state index in [1.807, 2.05) is 36.4 Å². The quantitative estimate of drug-likeness (QED) is 0.139. The third-order valence-corrected chi connectivity index (χ3v) is 7.88. The third-order valence-electron chi connectivity index (χ3n) is 7.88. The van der Waals surface area contributed by atoms with Crippen LogP contribution >= 0.6 is 0 Å². The minimum absolute atomic E-state index is 0.0242. The number of methoxy groups -OCH3 is 2. The molecule has 244 valence electrons. The molecular formula is C37H32N2O9. The average Bonchev–Trinajstić information content (AvgIpc) is 3.73. The second-order valence-corrected chi connectivity index (χ2v) is 10.9. The summed E-state index contributed by atoms with van der Waals surface area (Å²) in [6.45, 7) is 0.419. The van der Waals surface area contributed by atoms with Crippen molar-refractivity contribution < 1.29 is 43.5 Å². The summed E-state index contributed by atoms with van der Waals surface area (Å²) in [5.41, 5.74) is 4.02. The molecule has 0 aliphatic carbocycles. The van der Waals surface area contributed by atoms with Crippen LogP contribution in [0.1, 0.15) is 32.6 Å². The van der Waals surface area contributed by atoms with Gasteiger partial charge in [0.15, 0.2) is 11.5 Å². The Labute approximate surface area is 276 Å². The number of hydrogen-bond donors (Lipinski definition) is 2. The highest BCUT2D eigenvalue weighted by molar-refractivity contribution is 5.94. The topological polar surface area (TPSA) is 139 Å². The van der Waals surface area contributed by atoms with Crippen molar-refractivity contribution in [3.8, 4) is 40.0 Å². The van der Waals surface area contributed by atoms with Crippen LogP contribution in [0.25, 0.3) is 17.3 Å². The van der Waals surface area contributed by atoms with E-state index in [0.29, 0.717) is 63.2 Å². The number of nitrogens with zero attached hydrogens (tertiary/aromatic N) is 2. The van der Waals surface area contributed by atoms with Gasteiger partial charge in [0.2, 0.25) is 6.79 Å². The molecule has 0 radical (unpaired) electrons. The lowest BCUT2D eigenvalue weighted by molar-refractivity contribution is -0.132. The maximum Gasteiger partial charge on any atom is 0.336 e. The van der Waals surface area contributed by atoms with Gasteiger partial charge in [0.25, 0.3) is 0 Å². The fourth-order valence-corrected chi connectivity index (χ4v) is 5.51. The van der Waals surface area contributed by atoms with Gasteiger partial charge in [-0.15, -0.1) is 0 Å². The molecule has 0 amide bonds. The molecule has 6 rings (SSSR count). The Morgan fingerprint density at radius 2 is 1.62 bits per heavy atom. The van der Waals surface area contributed by atoms with Crippen molar-refractivity contribution >= 4 is 18.0 Å². The summed E-state index contributed by atoms with van der Waals surface area (Å²) in [7, 11) is 3.05. The van der Waals surface area contributed by atoms with Crippen molar-refractivity contribution in [2.45, 2.75) is 19.6 Å². The van der Waals surface area contributed by atoms with E-state index in [9.17, 15) is 19.8 Å². The number of fused-ring (bicyclic) bond motifs is 1. The Kier molecular flexibility index (Phi) is 9.28. The first-order chi connectivity index (χ1) is 23.3. The molecule has 11 heteroatoms. The Morgan fingerprint density at radius 1 is 0.875 bits per heavy atom. The second-order valence-electron chi connectivity index (χ2n) is 10.9. The zero-order valence-electron chi connectivity index (χ0n) is 26.2. The van der Waals surface area contributed by atoms with Crippen molar-refractivity contribution in [3.05, 3.63) is 125 Å². The number of benzene rings is 4. The molecule has 5 aromatic rings. The number of carboxylic acid groups (broad SMARTS) is 2. The van der Waals surface area contributed by atoms with Gasteiger partial charge in [-0.1, -0.05) is 48.5 Å². The highest BCUT2D eigenvalue weighted by atomic mass is 16.7. The van der Waals surface area contributed by atoms with Gasteiger partial charge in [-0.3, -0.25) is 4.68 Å². The Balaban J connectivity index is 1.45. The van der Waals surface area contributed by atoms with E-state index in [-0.39, 0.29) is 31.0 Å². The van der Waals surface area contributed by atoms with Crippen molar-refractivity contribution in [3.63, 3.8) is 0 Å². The minimum Gasteiger partial charge on any atom is -0.497 e. The number of carbonyl (C=O) groups is 2. The van der Waals surface area contributed by atoms with Crippen molar-refractivity contribution in [2.24, 2.45) is 0 Å². The molecule has 0 saturated carbocycles. The number of hydrogen-bond acceptors (Lipinski definition) is 8. The van der Waals surface area contributed by atoms with E-state index in [1.54, 1.807) is 59.4 Å².